The first-order valence-electron chi connectivity index (χ1n) is 10.9. The first-order valence-corrected chi connectivity index (χ1v) is 10.9. The maximum absolute atomic E-state index is 12.0. The Morgan fingerprint density at radius 1 is 1.22 bits per heavy atom. The fraction of sp³-hybridized carbons (Fsp3) is 0.500. The Morgan fingerprint density at radius 3 is 2.42 bits per heavy atom. The number of H-pyrrole nitrogens is 1. The number of aliphatic hydroxyl groups is 1. The number of fused-ring (bicyclic) bond motifs is 1. The van der Waals surface area contributed by atoms with Crippen molar-refractivity contribution < 1.29 is 39.6 Å². The van der Waals surface area contributed by atoms with Crippen molar-refractivity contribution in [3.8, 4) is 6.07 Å². The summed E-state index contributed by atoms with van der Waals surface area (Å²) in [6.45, 7) is 3.53. The maximum Gasteiger partial charge on any atom is 0.336 e. The summed E-state index contributed by atoms with van der Waals surface area (Å²) in [6, 6.07) is 4.07. The average molecular weight is 505 g/mol. The molecule has 0 saturated carbocycles. The van der Waals surface area contributed by atoms with Crippen molar-refractivity contribution in [2.45, 2.75) is 44.2 Å². The third kappa shape index (κ3) is 6.89. The molecule has 0 bridgehead atoms. The van der Waals surface area contributed by atoms with E-state index in [0.717, 1.165) is 29.8 Å². The topological polar surface area (TPSA) is 221 Å². The summed E-state index contributed by atoms with van der Waals surface area (Å²) >= 11 is 0. The minimum atomic E-state index is -2.74. The molecule has 36 heavy (non-hydrogen) atoms. The van der Waals surface area contributed by atoms with E-state index < -0.39 is 36.4 Å². The van der Waals surface area contributed by atoms with Crippen molar-refractivity contribution in [2.75, 3.05) is 25.0 Å². The summed E-state index contributed by atoms with van der Waals surface area (Å²) in [5, 5.41) is 43.5. The number of aliphatic carboxylic acids is 3. The SMILES string of the molecule is C[C@@H]1CCN(C(=O)CC#N)C[C@H]1N(C)c1ncnc2[nH]ccc12.O=C(O)CC(O)(CC(=O)O)C(=O)O. The zero-order valence-corrected chi connectivity index (χ0v) is 19.8. The Kier molecular flexibility index (Phi) is 9.28. The lowest BCUT2D eigenvalue weighted by atomic mass is 9.92. The summed E-state index contributed by atoms with van der Waals surface area (Å²) in [5.74, 6) is -3.81. The molecule has 5 N–H and O–H groups in total. The highest BCUT2D eigenvalue weighted by Crippen LogP contribution is 2.28. The minimum Gasteiger partial charge on any atom is -0.481 e. The van der Waals surface area contributed by atoms with Crippen molar-refractivity contribution in [3.05, 3.63) is 18.6 Å². The van der Waals surface area contributed by atoms with Crippen LogP contribution in [-0.4, -0.2) is 95.9 Å². The number of amides is 1. The third-order valence-corrected chi connectivity index (χ3v) is 5.95. The van der Waals surface area contributed by atoms with Gasteiger partial charge in [0.2, 0.25) is 5.91 Å². The number of carboxylic acids is 3. The summed E-state index contributed by atoms with van der Waals surface area (Å²) in [6.07, 6.45) is 1.98. The Bertz CT molecular complexity index is 1140. The summed E-state index contributed by atoms with van der Waals surface area (Å²) in [4.78, 5) is 58.2. The van der Waals surface area contributed by atoms with Gasteiger partial charge in [-0.25, -0.2) is 14.8 Å². The first-order chi connectivity index (χ1) is 16.9. The normalized spacial score (nSPS) is 17.4. The lowest BCUT2D eigenvalue weighted by molar-refractivity contribution is -0.170. The van der Waals surface area contributed by atoms with E-state index in [2.05, 4.69) is 26.8 Å². The number of piperidine rings is 1. The average Bonchev–Trinajstić information content (AvgIpc) is 3.27. The van der Waals surface area contributed by atoms with Gasteiger partial charge in [0.1, 0.15) is 24.2 Å². The summed E-state index contributed by atoms with van der Waals surface area (Å²) in [5.41, 5.74) is -1.93. The smallest absolute Gasteiger partial charge is 0.336 e. The van der Waals surface area contributed by atoms with Crippen LogP contribution in [0.4, 0.5) is 5.82 Å². The van der Waals surface area contributed by atoms with Gasteiger partial charge in [-0.2, -0.15) is 5.26 Å². The van der Waals surface area contributed by atoms with Crippen LogP contribution in [0, 0.1) is 17.2 Å². The number of aromatic amines is 1. The van der Waals surface area contributed by atoms with Gasteiger partial charge in [-0.05, 0) is 18.4 Å². The van der Waals surface area contributed by atoms with Gasteiger partial charge < -0.3 is 35.2 Å². The molecule has 0 aliphatic carbocycles. The van der Waals surface area contributed by atoms with Gasteiger partial charge in [-0.1, -0.05) is 6.92 Å². The molecule has 3 heterocycles. The standard InChI is InChI=1S/C16H20N6O.C6H8O7/c1-11-5-8-22(14(23)3-6-17)9-13(11)21(2)16-12-4-7-18-15(12)19-10-20-16;7-3(8)1-6(13,5(11)12)2-4(9)10/h4,7,10-11,13H,3,5,8-9H2,1-2H3,(H,18,19,20);13H,1-2H2,(H,7,8)(H,9,10)(H,11,12)/t11-,13-;/m1./s1. The van der Waals surface area contributed by atoms with E-state index >= 15 is 0 Å². The maximum atomic E-state index is 12.0. The van der Waals surface area contributed by atoms with E-state index in [1.807, 2.05) is 25.4 Å². The molecule has 2 aromatic rings. The molecule has 1 fully saturated rings. The lowest BCUT2D eigenvalue weighted by Gasteiger charge is -2.42. The van der Waals surface area contributed by atoms with Crippen LogP contribution in [0.1, 0.15) is 32.6 Å². The molecule has 194 valence electrons. The number of carboxylic acid groups (broad SMARTS) is 3. The van der Waals surface area contributed by atoms with E-state index in [1.54, 1.807) is 11.2 Å². The van der Waals surface area contributed by atoms with Crippen LogP contribution < -0.4 is 4.90 Å². The van der Waals surface area contributed by atoms with Crippen molar-refractivity contribution in [1.82, 2.24) is 19.9 Å². The number of hydrogen-bond donors (Lipinski definition) is 5. The van der Waals surface area contributed by atoms with Gasteiger partial charge in [0.15, 0.2) is 5.60 Å². The molecular formula is C22H28N6O8. The highest BCUT2D eigenvalue weighted by Gasteiger charge is 2.40. The number of carbonyl (C=O) groups is 4. The van der Waals surface area contributed by atoms with Gasteiger partial charge in [0, 0.05) is 26.3 Å². The van der Waals surface area contributed by atoms with Gasteiger partial charge in [0.25, 0.3) is 0 Å². The number of anilines is 1. The fourth-order valence-corrected chi connectivity index (χ4v) is 3.97. The molecule has 0 aromatic carbocycles. The molecule has 2 aromatic heterocycles. The summed E-state index contributed by atoms with van der Waals surface area (Å²) in [7, 11) is 2.01. The molecule has 14 heteroatoms. The Labute approximate surface area is 205 Å². The Balaban J connectivity index is 0.000000302. The van der Waals surface area contributed by atoms with Gasteiger partial charge >= 0.3 is 17.9 Å². The molecule has 0 unspecified atom stereocenters. The van der Waals surface area contributed by atoms with Crippen molar-refractivity contribution >= 4 is 40.7 Å². The van der Waals surface area contributed by atoms with E-state index in [4.69, 9.17) is 25.7 Å². The molecule has 1 amide bonds. The number of rotatable bonds is 8. The van der Waals surface area contributed by atoms with Crippen LogP contribution in [-0.2, 0) is 19.2 Å². The van der Waals surface area contributed by atoms with Crippen LogP contribution in [0.3, 0.4) is 0 Å². The molecule has 14 nitrogen and oxygen atoms in total. The highest BCUT2D eigenvalue weighted by molar-refractivity contribution is 5.88. The van der Waals surface area contributed by atoms with Gasteiger partial charge in [-0.3, -0.25) is 14.4 Å². The molecule has 3 rings (SSSR count). The third-order valence-electron chi connectivity index (χ3n) is 5.95. The van der Waals surface area contributed by atoms with Crippen molar-refractivity contribution in [3.63, 3.8) is 0 Å². The molecule has 0 radical (unpaired) electrons. The monoisotopic (exact) mass is 504 g/mol. The lowest BCUT2D eigenvalue weighted by Crippen LogP contribution is -2.52. The van der Waals surface area contributed by atoms with Crippen LogP contribution in [0.5, 0.6) is 0 Å². The van der Waals surface area contributed by atoms with Crippen molar-refractivity contribution in [2.24, 2.45) is 5.92 Å². The number of hydrogen-bond acceptors (Lipinski definition) is 9. The molecule has 2 atom stereocenters. The van der Waals surface area contributed by atoms with E-state index in [1.165, 1.54) is 0 Å². The molecule has 1 aliphatic rings. The zero-order valence-electron chi connectivity index (χ0n) is 19.8. The minimum absolute atomic E-state index is 0.0552. The number of likely N-dealkylation sites (N-methyl/N-ethyl adjacent to an activating group) is 1. The number of nitrogens with one attached hydrogen (secondary N) is 1. The second-order valence-corrected chi connectivity index (χ2v) is 8.53. The number of carbonyl (C=O) groups excluding carboxylic acids is 1. The van der Waals surface area contributed by atoms with E-state index in [-0.39, 0.29) is 18.4 Å². The Morgan fingerprint density at radius 2 is 1.86 bits per heavy atom. The number of nitrogens with zero attached hydrogens (tertiary/aromatic N) is 5. The number of likely N-dealkylation sites (tertiary alicyclic amines) is 1. The van der Waals surface area contributed by atoms with E-state index in [0.29, 0.717) is 12.5 Å². The quantitative estimate of drug-likeness (QED) is 0.327. The molecular weight excluding hydrogens is 476 g/mol. The molecule has 1 saturated heterocycles. The second kappa shape index (κ2) is 11.9. The predicted molar refractivity (Wildman–Crippen MR) is 124 cm³/mol. The highest BCUT2D eigenvalue weighted by atomic mass is 16.4. The van der Waals surface area contributed by atoms with Crippen molar-refractivity contribution in [1.29, 1.82) is 5.26 Å². The van der Waals surface area contributed by atoms with Crippen LogP contribution in [0.25, 0.3) is 11.0 Å². The van der Waals surface area contributed by atoms with Gasteiger partial charge in [-0.15, -0.1) is 0 Å². The van der Waals surface area contributed by atoms with Crippen LogP contribution >= 0.6 is 0 Å². The second-order valence-electron chi connectivity index (χ2n) is 8.53. The van der Waals surface area contributed by atoms with Crippen LogP contribution in [0.15, 0.2) is 18.6 Å². The first kappa shape index (κ1) is 28.0. The molecule has 1 aliphatic heterocycles. The molecule has 0 spiro atoms. The number of aromatic nitrogens is 3. The Hall–Kier alpha value is -4.25. The summed E-state index contributed by atoms with van der Waals surface area (Å²) < 4.78 is 0. The van der Waals surface area contributed by atoms with E-state index in [9.17, 15) is 19.2 Å². The predicted octanol–water partition coefficient (Wildman–Crippen LogP) is 0.296. The fourth-order valence-electron chi connectivity index (χ4n) is 3.97. The largest absolute Gasteiger partial charge is 0.481 e. The van der Waals surface area contributed by atoms with Crippen LogP contribution in [0.2, 0.25) is 0 Å². The number of nitriles is 1. The zero-order chi connectivity index (χ0) is 27.0. The van der Waals surface area contributed by atoms with Gasteiger partial charge in [0.05, 0.1) is 30.3 Å².